The Labute approximate surface area is 80.9 Å². The quantitative estimate of drug-likeness (QED) is 0.591. The van der Waals surface area contributed by atoms with Crippen molar-refractivity contribution >= 4 is 6.08 Å². The zero-order chi connectivity index (χ0) is 10.1. The van der Waals surface area contributed by atoms with E-state index in [4.69, 9.17) is 0 Å². The molecule has 0 spiro atoms. The fraction of sp³-hybridized carbons (Fsp3) is 0.0769. The first-order valence-corrected chi connectivity index (χ1v) is 4.17. The molecule has 0 fully saturated rings. The van der Waals surface area contributed by atoms with E-state index in [0.717, 1.165) is 0 Å². The average molecular weight is 172 g/mol. The number of hydrogen-bond donors (Lipinski definition) is 0. The van der Waals surface area contributed by atoms with Gasteiger partial charge in [0.05, 0.1) is 0 Å². The summed E-state index contributed by atoms with van der Waals surface area (Å²) in [7, 11) is 0. The molecular weight excluding hydrogens is 156 g/mol. The molecule has 0 unspecified atom stereocenters. The first-order chi connectivity index (χ1) is 6.24. The molecule has 0 heterocycles. The maximum Gasteiger partial charge on any atom is -0.0262 e. The van der Waals surface area contributed by atoms with Gasteiger partial charge in [0.25, 0.3) is 0 Å². The van der Waals surface area contributed by atoms with Gasteiger partial charge in [-0.2, -0.15) is 0 Å². The number of hydrogen-bond acceptors (Lipinski definition) is 0. The second kappa shape index (κ2) is 7.11. The van der Waals surface area contributed by atoms with E-state index >= 15 is 0 Å². The van der Waals surface area contributed by atoms with Gasteiger partial charge in [-0.1, -0.05) is 67.8 Å². The Balaban J connectivity index is 0.000000310. The van der Waals surface area contributed by atoms with Gasteiger partial charge in [-0.05, 0) is 12.5 Å². The zero-order valence-corrected chi connectivity index (χ0v) is 8.16. The average Bonchev–Trinajstić information content (AvgIpc) is 2.19. The molecule has 0 heteroatoms. The van der Waals surface area contributed by atoms with Crippen molar-refractivity contribution < 1.29 is 0 Å². The van der Waals surface area contributed by atoms with Crippen LogP contribution in [0.3, 0.4) is 0 Å². The number of allylic oxidation sites excluding steroid dienone is 2. The molecule has 0 saturated heterocycles. The van der Waals surface area contributed by atoms with Crippen LogP contribution in [0.4, 0.5) is 0 Å². The highest BCUT2D eigenvalue weighted by molar-refractivity contribution is 5.46. The molecule has 0 aliphatic heterocycles. The Morgan fingerprint density at radius 1 is 0.923 bits per heavy atom. The smallest absolute Gasteiger partial charge is 0.0262 e. The molecule has 1 rings (SSSR count). The third-order valence-electron chi connectivity index (χ3n) is 1.48. The highest BCUT2D eigenvalue weighted by atomic mass is 13.9. The van der Waals surface area contributed by atoms with E-state index in [-0.39, 0.29) is 0 Å². The van der Waals surface area contributed by atoms with Crippen LogP contribution in [0, 0.1) is 6.92 Å². The molecule has 1 aromatic carbocycles. The van der Waals surface area contributed by atoms with Crippen LogP contribution in [0.2, 0.25) is 0 Å². The Morgan fingerprint density at radius 3 is 1.69 bits per heavy atom. The van der Waals surface area contributed by atoms with Crippen LogP contribution >= 0.6 is 0 Å². The minimum absolute atomic E-state index is 1.18. The number of rotatable bonds is 2. The summed E-state index contributed by atoms with van der Waals surface area (Å²) in [6, 6.07) is 8.28. The minimum Gasteiger partial charge on any atom is -0.0991 e. The van der Waals surface area contributed by atoms with E-state index in [1.807, 2.05) is 6.08 Å². The summed E-state index contributed by atoms with van der Waals surface area (Å²) in [5, 5.41) is 0. The normalized spacial score (nSPS) is 7.77. The van der Waals surface area contributed by atoms with E-state index < -0.39 is 0 Å². The van der Waals surface area contributed by atoms with Crippen molar-refractivity contribution in [2.24, 2.45) is 0 Å². The minimum atomic E-state index is 1.18. The van der Waals surface area contributed by atoms with Crippen LogP contribution in [0.15, 0.2) is 56.2 Å². The summed E-state index contributed by atoms with van der Waals surface area (Å²) < 4.78 is 0. The highest BCUT2D eigenvalue weighted by Crippen LogP contribution is 2.02. The topological polar surface area (TPSA) is 0 Å². The van der Waals surface area contributed by atoms with Crippen LogP contribution in [0.5, 0.6) is 0 Å². The molecule has 0 aliphatic rings. The Bertz CT molecular complexity index is 259. The first-order valence-electron chi connectivity index (χ1n) is 4.17. The van der Waals surface area contributed by atoms with Gasteiger partial charge in [-0.15, -0.1) is 0 Å². The molecule has 0 aromatic heterocycles. The van der Waals surface area contributed by atoms with Crippen LogP contribution < -0.4 is 0 Å². The fourth-order valence-corrected chi connectivity index (χ4v) is 0.703. The molecule has 1 aromatic rings. The summed E-state index contributed by atoms with van der Waals surface area (Å²) in [4.78, 5) is 0. The van der Waals surface area contributed by atoms with Gasteiger partial charge in [-0.3, -0.25) is 0 Å². The molecule has 0 atom stereocenters. The SMILES string of the molecule is C=CC=C.C=Cc1ccc(C)cc1. The lowest BCUT2D eigenvalue weighted by molar-refractivity contribution is 1.46. The molecule has 0 bridgehead atoms. The van der Waals surface area contributed by atoms with Crippen LogP contribution in [0.1, 0.15) is 11.1 Å². The second-order valence-corrected chi connectivity index (χ2v) is 2.59. The Morgan fingerprint density at radius 2 is 1.38 bits per heavy atom. The molecule has 0 saturated carbocycles. The lowest BCUT2D eigenvalue weighted by Gasteiger charge is -1.91. The van der Waals surface area contributed by atoms with Crippen molar-refractivity contribution in [3.8, 4) is 0 Å². The molecule has 68 valence electrons. The van der Waals surface area contributed by atoms with Gasteiger partial charge >= 0.3 is 0 Å². The summed E-state index contributed by atoms with van der Waals surface area (Å²) in [6.07, 6.45) is 5.12. The van der Waals surface area contributed by atoms with Crippen molar-refractivity contribution in [2.45, 2.75) is 6.92 Å². The lowest BCUT2D eigenvalue weighted by atomic mass is 10.2. The summed E-state index contributed by atoms with van der Waals surface area (Å²) in [6.45, 7) is 12.5. The van der Waals surface area contributed by atoms with Gasteiger partial charge in [0.15, 0.2) is 0 Å². The largest absolute Gasteiger partial charge is 0.0991 e. The lowest BCUT2D eigenvalue weighted by Crippen LogP contribution is -1.71. The van der Waals surface area contributed by atoms with Crippen LogP contribution in [0.25, 0.3) is 6.08 Å². The molecule has 0 radical (unpaired) electrons. The fourth-order valence-electron chi connectivity index (χ4n) is 0.703. The predicted octanol–water partition coefficient (Wildman–Crippen LogP) is 4.00. The molecule has 0 aliphatic carbocycles. The van der Waals surface area contributed by atoms with Crippen molar-refractivity contribution in [2.75, 3.05) is 0 Å². The van der Waals surface area contributed by atoms with Gasteiger partial charge < -0.3 is 0 Å². The van der Waals surface area contributed by atoms with Crippen molar-refractivity contribution in [3.05, 3.63) is 67.3 Å². The maximum absolute atomic E-state index is 3.66. The van der Waals surface area contributed by atoms with E-state index in [1.54, 1.807) is 12.2 Å². The summed E-state index contributed by atoms with van der Waals surface area (Å²) >= 11 is 0. The van der Waals surface area contributed by atoms with Gasteiger partial charge in [0, 0.05) is 0 Å². The van der Waals surface area contributed by atoms with Crippen molar-refractivity contribution in [3.63, 3.8) is 0 Å². The predicted molar refractivity (Wildman–Crippen MR) is 61.7 cm³/mol. The number of benzene rings is 1. The Kier molecular flexibility index (Phi) is 6.26. The monoisotopic (exact) mass is 172 g/mol. The van der Waals surface area contributed by atoms with E-state index in [2.05, 4.69) is 50.9 Å². The maximum atomic E-state index is 3.66. The molecular formula is C13H16. The Hall–Kier alpha value is -1.56. The van der Waals surface area contributed by atoms with Crippen LogP contribution in [-0.2, 0) is 0 Å². The van der Waals surface area contributed by atoms with Gasteiger partial charge in [0.1, 0.15) is 0 Å². The molecule has 0 amide bonds. The highest BCUT2D eigenvalue weighted by Gasteiger charge is 1.82. The standard InChI is InChI=1S/C9H10.C4H6/c1-3-9-6-4-8(2)5-7-9;1-3-4-2/h3-7H,1H2,2H3;3-4H,1-2H2. The molecule has 13 heavy (non-hydrogen) atoms. The summed E-state index contributed by atoms with van der Waals surface area (Å²) in [5.41, 5.74) is 2.47. The molecule has 0 N–H and O–H groups in total. The third-order valence-corrected chi connectivity index (χ3v) is 1.48. The zero-order valence-electron chi connectivity index (χ0n) is 8.16. The van der Waals surface area contributed by atoms with Gasteiger partial charge in [-0.25, -0.2) is 0 Å². The second-order valence-electron chi connectivity index (χ2n) is 2.59. The molecule has 0 nitrogen and oxygen atoms in total. The van der Waals surface area contributed by atoms with Crippen LogP contribution in [-0.4, -0.2) is 0 Å². The van der Waals surface area contributed by atoms with Crippen molar-refractivity contribution in [1.82, 2.24) is 0 Å². The van der Waals surface area contributed by atoms with E-state index in [1.165, 1.54) is 11.1 Å². The van der Waals surface area contributed by atoms with E-state index in [0.29, 0.717) is 0 Å². The first kappa shape index (κ1) is 11.4. The third kappa shape index (κ3) is 5.68. The van der Waals surface area contributed by atoms with Gasteiger partial charge in [0.2, 0.25) is 0 Å². The van der Waals surface area contributed by atoms with Crippen molar-refractivity contribution in [1.29, 1.82) is 0 Å². The summed E-state index contributed by atoms with van der Waals surface area (Å²) in [5.74, 6) is 0. The van der Waals surface area contributed by atoms with E-state index in [9.17, 15) is 0 Å². The number of aryl methyl sites for hydroxylation is 1.